The fourth-order valence-electron chi connectivity index (χ4n) is 8.53. The minimum Gasteiger partial charge on any atom is -0.455 e. The van der Waals surface area contributed by atoms with Crippen LogP contribution in [0.15, 0.2) is 205 Å². The van der Waals surface area contributed by atoms with Crippen molar-refractivity contribution in [1.29, 1.82) is 0 Å². The quantitative estimate of drug-likeness (QED) is 0.169. The highest BCUT2D eigenvalue weighted by atomic mass is 32.1. The van der Waals surface area contributed by atoms with E-state index in [1.165, 1.54) is 25.6 Å². The lowest BCUT2D eigenvalue weighted by atomic mass is 9.98. The Balaban J connectivity index is 0.926. The molecule has 4 heterocycles. The SMILES string of the molecule is c1ccc(-c2nc(-c3ccc(-c4ccc5sc6c7ccccc7nc(-c7ccccc7)c6c5c4)cc3)cc(-c3ccc(-c4cccc5c4oc4ccccc45)cc3)n2)cc1. The lowest BCUT2D eigenvalue weighted by molar-refractivity contribution is 0.670. The van der Waals surface area contributed by atoms with Crippen LogP contribution in [-0.4, -0.2) is 15.0 Å². The van der Waals surface area contributed by atoms with Crippen LogP contribution in [0.25, 0.3) is 120 Å². The summed E-state index contributed by atoms with van der Waals surface area (Å²) in [5.74, 6) is 0.688. The molecule has 12 aromatic rings. The number of pyridine rings is 1. The zero-order chi connectivity index (χ0) is 39.6. The molecule has 0 fully saturated rings. The summed E-state index contributed by atoms with van der Waals surface area (Å²) in [6, 6.07) is 70.1. The van der Waals surface area contributed by atoms with Crippen molar-refractivity contribution in [2.45, 2.75) is 0 Å². The standard InChI is InChI=1S/C55H33N3OS/c1-3-12-38(13-4-1)52-51-45-32-40(30-31-50(45)60-54(51)44-17-7-9-20-46(44)56-52)34-22-26-36(27-23-34)47-33-48(58-55(57-47)39-14-5-2-6-15-39)37-28-24-35(25-29-37)41-18-11-19-43-42-16-8-10-21-49(42)59-53(41)43/h1-33H. The summed E-state index contributed by atoms with van der Waals surface area (Å²) in [4.78, 5) is 15.5. The van der Waals surface area contributed by atoms with Crippen molar-refractivity contribution in [2.75, 3.05) is 0 Å². The molecule has 0 radical (unpaired) electrons. The topological polar surface area (TPSA) is 51.8 Å². The van der Waals surface area contributed by atoms with E-state index in [0.717, 1.165) is 89.0 Å². The van der Waals surface area contributed by atoms with E-state index in [2.05, 4.69) is 170 Å². The molecule has 0 aliphatic heterocycles. The van der Waals surface area contributed by atoms with Crippen LogP contribution in [0.1, 0.15) is 0 Å². The highest BCUT2D eigenvalue weighted by Gasteiger charge is 2.18. The number of fused-ring (bicyclic) bond motifs is 8. The maximum atomic E-state index is 6.36. The first-order valence-corrected chi connectivity index (χ1v) is 20.9. The Hall–Kier alpha value is -7.73. The predicted octanol–water partition coefficient (Wildman–Crippen LogP) is 15.3. The average Bonchev–Trinajstić information content (AvgIpc) is 3.91. The number of hydrogen-bond donors (Lipinski definition) is 0. The number of benzene rings is 8. The molecular formula is C55H33N3OS. The number of para-hydroxylation sites is 3. The van der Waals surface area contributed by atoms with Gasteiger partial charge in [-0.1, -0.05) is 170 Å². The van der Waals surface area contributed by atoms with Gasteiger partial charge >= 0.3 is 0 Å². The maximum absolute atomic E-state index is 6.36. The third-order valence-electron chi connectivity index (χ3n) is 11.5. The second kappa shape index (κ2) is 14.0. The van der Waals surface area contributed by atoms with E-state index in [4.69, 9.17) is 19.4 Å². The van der Waals surface area contributed by atoms with Gasteiger partial charge in [0.2, 0.25) is 0 Å². The van der Waals surface area contributed by atoms with Gasteiger partial charge in [-0.15, -0.1) is 11.3 Å². The third kappa shape index (κ3) is 5.78. The average molecular weight is 784 g/mol. The fraction of sp³-hybridized carbons (Fsp3) is 0. The largest absolute Gasteiger partial charge is 0.455 e. The molecule has 5 heteroatoms. The number of nitrogens with zero attached hydrogens (tertiary/aromatic N) is 3. The summed E-state index contributed by atoms with van der Waals surface area (Å²) in [7, 11) is 0. The van der Waals surface area contributed by atoms with Crippen LogP contribution < -0.4 is 0 Å². The Morgan fingerprint density at radius 3 is 1.73 bits per heavy atom. The molecule has 0 unspecified atom stereocenters. The van der Waals surface area contributed by atoms with Gasteiger partial charge in [-0.2, -0.15) is 0 Å². The Morgan fingerprint density at radius 1 is 0.383 bits per heavy atom. The second-order valence-corrected chi connectivity index (χ2v) is 16.2. The first-order chi connectivity index (χ1) is 29.7. The van der Waals surface area contributed by atoms with E-state index < -0.39 is 0 Å². The molecule has 280 valence electrons. The Labute approximate surface area is 349 Å². The lowest BCUT2D eigenvalue weighted by Crippen LogP contribution is -1.96. The van der Waals surface area contributed by atoms with Gasteiger partial charge in [0.15, 0.2) is 5.82 Å². The molecule has 4 aromatic heterocycles. The van der Waals surface area contributed by atoms with Crippen molar-refractivity contribution in [2.24, 2.45) is 0 Å². The molecule has 8 aromatic carbocycles. The van der Waals surface area contributed by atoms with Gasteiger partial charge < -0.3 is 4.42 Å². The van der Waals surface area contributed by atoms with Crippen LogP contribution in [0.5, 0.6) is 0 Å². The lowest BCUT2D eigenvalue weighted by Gasteiger charge is -2.11. The van der Waals surface area contributed by atoms with E-state index in [1.54, 1.807) is 0 Å². The zero-order valence-electron chi connectivity index (χ0n) is 32.2. The van der Waals surface area contributed by atoms with E-state index in [1.807, 2.05) is 41.7 Å². The van der Waals surface area contributed by atoms with E-state index in [0.29, 0.717) is 5.82 Å². The molecule has 4 nitrogen and oxygen atoms in total. The van der Waals surface area contributed by atoms with Gasteiger partial charge in [0.05, 0.1) is 22.6 Å². The molecule has 0 amide bonds. The van der Waals surface area contributed by atoms with E-state index >= 15 is 0 Å². The summed E-state index contributed by atoms with van der Waals surface area (Å²) < 4.78 is 8.89. The summed E-state index contributed by atoms with van der Waals surface area (Å²) in [6.45, 7) is 0. The predicted molar refractivity (Wildman–Crippen MR) is 250 cm³/mol. The van der Waals surface area contributed by atoms with Crippen LogP contribution in [0.3, 0.4) is 0 Å². The minimum absolute atomic E-state index is 0.688. The second-order valence-electron chi connectivity index (χ2n) is 15.1. The number of furan rings is 1. The molecule has 0 saturated heterocycles. The van der Waals surface area contributed by atoms with Gasteiger partial charge in [-0.25, -0.2) is 15.0 Å². The van der Waals surface area contributed by atoms with E-state index in [9.17, 15) is 0 Å². The first kappa shape index (κ1) is 34.3. The summed E-state index contributed by atoms with van der Waals surface area (Å²) in [5.41, 5.74) is 14.2. The summed E-state index contributed by atoms with van der Waals surface area (Å²) in [6.07, 6.45) is 0. The van der Waals surface area contributed by atoms with Crippen molar-refractivity contribution >= 4 is 64.4 Å². The number of rotatable bonds is 6. The normalized spacial score (nSPS) is 11.7. The molecule has 0 spiro atoms. The molecule has 12 rings (SSSR count). The zero-order valence-corrected chi connectivity index (χ0v) is 33.0. The number of hydrogen-bond acceptors (Lipinski definition) is 5. The van der Waals surface area contributed by atoms with Crippen molar-refractivity contribution in [3.63, 3.8) is 0 Å². The highest BCUT2D eigenvalue weighted by molar-refractivity contribution is 7.26. The van der Waals surface area contributed by atoms with Crippen LogP contribution in [0.2, 0.25) is 0 Å². The van der Waals surface area contributed by atoms with Gasteiger partial charge in [-0.3, -0.25) is 0 Å². The smallest absolute Gasteiger partial charge is 0.160 e. The van der Waals surface area contributed by atoms with Crippen molar-refractivity contribution in [1.82, 2.24) is 15.0 Å². The summed E-state index contributed by atoms with van der Waals surface area (Å²) in [5, 5.41) is 5.87. The van der Waals surface area contributed by atoms with Crippen molar-refractivity contribution in [3.8, 4) is 67.4 Å². The minimum atomic E-state index is 0.688. The maximum Gasteiger partial charge on any atom is 0.160 e. The molecule has 0 bridgehead atoms. The van der Waals surface area contributed by atoms with Gasteiger partial charge in [0.1, 0.15) is 11.2 Å². The fourth-order valence-corrected chi connectivity index (χ4v) is 9.75. The van der Waals surface area contributed by atoms with Crippen molar-refractivity contribution < 1.29 is 4.42 Å². The third-order valence-corrected chi connectivity index (χ3v) is 12.7. The molecule has 0 N–H and O–H groups in total. The van der Waals surface area contributed by atoms with Gasteiger partial charge in [-0.05, 0) is 47.0 Å². The Bertz CT molecular complexity index is 3570. The van der Waals surface area contributed by atoms with Crippen LogP contribution in [0, 0.1) is 0 Å². The number of thiophene rings is 1. The van der Waals surface area contributed by atoms with E-state index in [-0.39, 0.29) is 0 Å². The summed E-state index contributed by atoms with van der Waals surface area (Å²) >= 11 is 1.84. The molecule has 0 saturated carbocycles. The molecule has 0 aliphatic carbocycles. The molecule has 0 aliphatic rings. The Morgan fingerprint density at radius 2 is 0.983 bits per heavy atom. The Kier molecular flexibility index (Phi) is 8.00. The molecule has 0 atom stereocenters. The van der Waals surface area contributed by atoms with Crippen LogP contribution >= 0.6 is 11.3 Å². The highest BCUT2D eigenvalue weighted by Crippen LogP contribution is 2.44. The first-order valence-electron chi connectivity index (χ1n) is 20.1. The van der Waals surface area contributed by atoms with Crippen LogP contribution in [0.4, 0.5) is 0 Å². The van der Waals surface area contributed by atoms with Gasteiger partial charge in [0.25, 0.3) is 0 Å². The monoisotopic (exact) mass is 783 g/mol. The number of aromatic nitrogens is 3. The van der Waals surface area contributed by atoms with Crippen LogP contribution in [-0.2, 0) is 0 Å². The molecular weight excluding hydrogens is 751 g/mol. The van der Waals surface area contributed by atoms with Gasteiger partial charge in [0, 0.05) is 64.1 Å². The van der Waals surface area contributed by atoms with Crippen molar-refractivity contribution in [3.05, 3.63) is 200 Å². The molecule has 60 heavy (non-hydrogen) atoms.